The first kappa shape index (κ1) is 10.1. The zero-order chi connectivity index (χ0) is 11.7. The van der Waals surface area contributed by atoms with E-state index in [0.717, 1.165) is 12.8 Å². The molecule has 0 spiro atoms. The summed E-state index contributed by atoms with van der Waals surface area (Å²) < 4.78 is 0. The number of nitrogens with zero attached hydrogens (tertiary/aromatic N) is 1. The molecular weight excluding hydrogens is 214 g/mol. The normalized spacial score (nSPS) is 17.8. The van der Waals surface area contributed by atoms with Crippen LogP contribution in [0.15, 0.2) is 36.5 Å². The van der Waals surface area contributed by atoms with Gasteiger partial charge in [0, 0.05) is 6.20 Å². The molecule has 0 bridgehead atoms. The number of benzene rings is 1. The van der Waals surface area contributed by atoms with Crippen molar-refractivity contribution in [3.63, 3.8) is 0 Å². The molecule has 1 aromatic carbocycles. The zero-order valence-electron chi connectivity index (χ0n) is 9.31. The van der Waals surface area contributed by atoms with Gasteiger partial charge in [-0.3, -0.25) is 9.89 Å². The third-order valence-electron chi connectivity index (χ3n) is 3.18. The first-order valence-corrected chi connectivity index (χ1v) is 5.72. The van der Waals surface area contributed by atoms with Crippen LogP contribution < -0.4 is 5.32 Å². The van der Waals surface area contributed by atoms with Crippen LogP contribution in [0.1, 0.15) is 34.1 Å². The quantitative estimate of drug-likeness (QED) is 0.822. The van der Waals surface area contributed by atoms with Crippen molar-refractivity contribution >= 4 is 5.91 Å². The number of amides is 1. The number of carbonyl (C=O) groups is 1. The Balaban J connectivity index is 1.78. The maximum absolute atomic E-state index is 11.9. The van der Waals surface area contributed by atoms with Gasteiger partial charge in [0.25, 0.3) is 5.91 Å². The highest BCUT2D eigenvalue weighted by Gasteiger charge is 2.23. The Morgan fingerprint density at radius 1 is 1.35 bits per heavy atom. The molecule has 0 saturated heterocycles. The predicted octanol–water partition coefficient (Wildman–Crippen LogP) is 1.83. The lowest BCUT2D eigenvalue weighted by atomic mass is 10.1. The lowest BCUT2D eigenvalue weighted by Crippen LogP contribution is -2.27. The van der Waals surface area contributed by atoms with E-state index in [1.807, 2.05) is 12.1 Å². The third-order valence-corrected chi connectivity index (χ3v) is 3.18. The molecule has 1 aliphatic carbocycles. The Hall–Kier alpha value is -2.10. The van der Waals surface area contributed by atoms with Crippen molar-refractivity contribution in [3.8, 4) is 0 Å². The predicted molar refractivity (Wildman–Crippen MR) is 63.6 cm³/mol. The minimum atomic E-state index is -0.0933. The van der Waals surface area contributed by atoms with Crippen molar-refractivity contribution in [1.29, 1.82) is 0 Å². The fourth-order valence-corrected chi connectivity index (χ4v) is 2.33. The Morgan fingerprint density at radius 2 is 2.24 bits per heavy atom. The van der Waals surface area contributed by atoms with Crippen LogP contribution in [0.2, 0.25) is 0 Å². The molecule has 0 saturated carbocycles. The number of aromatic nitrogens is 2. The van der Waals surface area contributed by atoms with E-state index in [2.05, 4.69) is 27.6 Å². The van der Waals surface area contributed by atoms with Crippen LogP contribution in [0.3, 0.4) is 0 Å². The number of aromatic amines is 1. The largest absolute Gasteiger partial charge is 0.344 e. The molecular formula is C13H13N3O. The Bertz CT molecular complexity index is 533. The van der Waals surface area contributed by atoms with Crippen molar-refractivity contribution in [2.45, 2.75) is 18.9 Å². The van der Waals surface area contributed by atoms with Gasteiger partial charge < -0.3 is 5.32 Å². The highest BCUT2D eigenvalue weighted by molar-refractivity contribution is 5.92. The SMILES string of the molecule is O=C(N[C@@H]1CCc2ccccc21)c1ccn[nH]1. The topological polar surface area (TPSA) is 57.8 Å². The molecule has 4 heteroatoms. The van der Waals surface area contributed by atoms with E-state index in [0.29, 0.717) is 5.69 Å². The summed E-state index contributed by atoms with van der Waals surface area (Å²) in [5, 5.41) is 9.48. The van der Waals surface area contributed by atoms with Crippen molar-refractivity contribution < 1.29 is 4.79 Å². The fourth-order valence-electron chi connectivity index (χ4n) is 2.33. The summed E-state index contributed by atoms with van der Waals surface area (Å²) in [6.07, 6.45) is 3.58. The van der Waals surface area contributed by atoms with E-state index in [-0.39, 0.29) is 11.9 Å². The van der Waals surface area contributed by atoms with Crippen molar-refractivity contribution in [1.82, 2.24) is 15.5 Å². The molecule has 0 radical (unpaired) electrons. The monoisotopic (exact) mass is 227 g/mol. The average molecular weight is 227 g/mol. The van der Waals surface area contributed by atoms with Gasteiger partial charge in [0.15, 0.2) is 0 Å². The molecule has 0 unspecified atom stereocenters. The summed E-state index contributed by atoms with van der Waals surface area (Å²) in [7, 11) is 0. The summed E-state index contributed by atoms with van der Waals surface area (Å²) >= 11 is 0. The second-order valence-corrected chi connectivity index (χ2v) is 4.23. The fraction of sp³-hybridized carbons (Fsp3) is 0.231. The summed E-state index contributed by atoms with van der Waals surface area (Å²) in [6, 6.07) is 10.1. The summed E-state index contributed by atoms with van der Waals surface area (Å²) in [5.74, 6) is -0.0933. The Labute approximate surface area is 99.1 Å². The van der Waals surface area contributed by atoms with Gasteiger partial charge in [-0.25, -0.2) is 0 Å². The Morgan fingerprint density at radius 3 is 3.06 bits per heavy atom. The molecule has 4 nitrogen and oxygen atoms in total. The lowest BCUT2D eigenvalue weighted by Gasteiger charge is -2.13. The van der Waals surface area contributed by atoms with Gasteiger partial charge in [0.05, 0.1) is 6.04 Å². The average Bonchev–Trinajstić information content (AvgIpc) is 2.98. The second-order valence-electron chi connectivity index (χ2n) is 4.23. The van der Waals surface area contributed by atoms with Crippen LogP contribution in [0.25, 0.3) is 0 Å². The minimum Gasteiger partial charge on any atom is -0.344 e. The first-order chi connectivity index (χ1) is 8.34. The van der Waals surface area contributed by atoms with Crippen LogP contribution in [-0.2, 0) is 6.42 Å². The lowest BCUT2D eigenvalue weighted by molar-refractivity contribution is 0.0931. The molecule has 0 fully saturated rings. The highest BCUT2D eigenvalue weighted by atomic mass is 16.2. The number of H-pyrrole nitrogens is 1. The molecule has 1 amide bonds. The van der Waals surface area contributed by atoms with Crippen molar-refractivity contribution in [2.75, 3.05) is 0 Å². The summed E-state index contributed by atoms with van der Waals surface area (Å²) in [5.41, 5.74) is 3.08. The molecule has 1 heterocycles. The van der Waals surface area contributed by atoms with Gasteiger partial charge in [-0.2, -0.15) is 5.10 Å². The maximum Gasteiger partial charge on any atom is 0.269 e. The zero-order valence-corrected chi connectivity index (χ0v) is 9.31. The van der Waals surface area contributed by atoms with Crippen molar-refractivity contribution in [2.24, 2.45) is 0 Å². The number of carbonyl (C=O) groups excluding carboxylic acids is 1. The third kappa shape index (κ3) is 1.82. The van der Waals surface area contributed by atoms with Crippen LogP contribution in [0, 0.1) is 0 Å². The maximum atomic E-state index is 11.9. The van der Waals surface area contributed by atoms with Crippen LogP contribution >= 0.6 is 0 Å². The van der Waals surface area contributed by atoms with E-state index in [9.17, 15) is 4.79 Å². The van der Waals surface area contributed by atoms with E-state index < -0.39 is 0 Å². The van der Waals surface area contributed by atoms with Gasteiger partial charge in [-0.1, -0.05) is 24.3 Å². The van der Waals surface area contributed by atoms with Crippen LogP contribution in [0.5, 0.6) is 0 Å². The second kappa shape index (κ2) is 4.05. The molecule has 3 rings (SSSR count). The van der Waals surface area contributed by atoms with Crippen LogP contribution in [0.4, 0.5) is 0 Å². The van der Waals surface area contributed by atoms with Gasteiger partial charge >= 0.3 is 0 Å². The molecule has 2 aromatic rings. The number of hydrogen-bond donors (Lipinski definition) is 2. The Kier molecular flexibility index (Phi) is 2.40. The summed E-state index contributed by atoms with van der Waals surface area (Å²) in [6.45, 7) is 0. The molecule has 1 aliphatic rings. The minimum absolute atomic E-state index is 0.0933. The van der Waals surface area contributed by atoms with Crippen molar-refractivity contribution in [3.05, 3.63) is 53.3 Å². The number of aryl methyl sites for hydroxylation is 1. The molecule has 2 N–H and O–H groups in total. The molecule has 17 heavy (non-hydrogen) atoms. The number of rotatable bonds is 2. The van der Waals surface area contributed by atoms with E-state index >= 15 is 0 Å². The number of nitrogens with one attached hydrogen (secondary N) is 2. The first-order valence-electron chi connectivity index (χ1n) is 5.72. The van der Waals surface area contributed by atoms with Gasteiger partial charge in [-0.15, -0.1) is 0 Å². The standard InChI is InChI=1S/C13H13N3O/c17-13(12-7-8-14-16-12)15-11-6-5-9-3-1-2-4-10(9)11/h1-4,7-8,11H,5-6H2,(H,14,16)(H,15,17)/t11-/m1/s1. The van der Waals surface area contributed by atoms with E-state index in [1.54, 1.807) is 12.3 Å². The van der Waals surface area contributed by atoms with Gasteiger partial charge in [0.2, 0.25) is 0 Å². The smallest absolute Gasteiger partial charge is 0.269 e. The molecule has 1 atom stereocenters. The van der Waals surface area contributed by atoms with E-state index in [4.69, 9.17) is 0 Å². The molecule has 0 aliphatic heterocycles. The number of hydrogen-bond acceptors (Lipinski definition) is 2. The van der Waals surface area contributed by atoms with Gasteiger partial charge in [-0.05, 0) is 30.0 Å². The molecule has 86 valence electrons. The van der Waals surface area contributed by atoms with E-state index in [1.165, 1.54) is 11.1 Å². The van der Waals surface area contributed by atoms with Crippen LogP contribution in [-0.4, -0.2) is 16.1 Å². The highest BCUT2D eigenvalue weighted by Crippen LogP contribution is 2.30. The number of fused-ring (bicyclic) bond motifs is 1. The van der Waals surface area contributed by atoms with Gasteiger partial charge in [0.1, 0.15) is 5.69 Å². The summed E-state index contributed by atoms with van der Waals surface area (Å²) in [4.78, 5) is 11.9. The molecule has 1 aromatic heterocycles.